The van der Waals surface area contributed by atoms with E-state index in [2.05, 4.69) is 40.1 Å². The van der Waals surface area contributed by atoms with E-state index < -0.39 is 0 Å². The fourth-order valence-corrected chi connectivity index (χ4v) is 1.71. The van der Waals surface area contributed by atoms with E-state index in [4.69, 9.17) is 4.74 Å². The summed E-state index contributed by atoms with van der Waals surface area (Å²) in [6, 6.07) is 4.26. The zero-order valence-corrected chi connectivity index (χ0v) is 10.9. The number of ether oxygens (including phenoxy) is 1. The molecule has 0 saturated carbocycles. The van der Waals surface area contributed by atoms with E-state index in [1.54, 1.807) is 13.3 Å². The summed E-state index contributed by atoms with van der Waals surface area (Å²) in [4.78, 5) is 4.06. The van der Waals surface area contributed by atoms with Gasteiger partial charge in [0.25, 0.3) is 0 Å². The number of aromatic nitrogens is 1. The van der Waals surface area contributed by atoms with Crippen molar-refractivity contribution in [2.75, 3.05) is 17.8 Å². The molecule has 15 heavy (non-hydrogen) atoms. The van der Waals surface area contributed by atoms with Crippen LogP contribution in [0.2, 0.25) is 0 Å². The minimum Gasteiger partial charge on any atom is -0.481 e. The Balaban J connectivity index is 2.63. The molecule has 1 aromatic heterocycles. The molecule has 1 aromatic rings. The Bertz CT molecular complexity index is 306. The average molecular weight is 273 g/mol. The number of anilines is 1. The first kappa shape index (κ1) is 12.3. The molecule has 0 fully saturated rings. The van der Waals surface area contributed by atoms with Crippen LogP contribution in [-0.2, 0) is 0 Å². The van der Waals surface area contributed by atoms with Crippen molar-refractivity contribution in [3.05, 3.63) is 18.3 Å². The number of halogens is 1. The van der Waals surface area contributed by atoms with Gasteiger partial charge in [0.1, 0.15) is 0 Å². The van der Waals surface area contributed by atoms with E-state index in [0.717, 1.165) is 11.0 Å². The van der Waals surface area contributed by atoms with E-state index >= 15 is 0 Å². The Morgan fingerprint density at radius 1 is 1.53 bits per heavy atom. The first-order valence-electron chi connectivity index (χ1n) is 5.00. The van der Waals surface area contributed by atoms with Gasteiger partial charge >= 0.3 is 0 Å². The van der Waals surface area contributed by atoms with Crippen LogP contribution in [0.4, 0.5) is 5.69 Å². The molecule has 3 nitrogen and oxygen atoms in total. The SMILES string of the molecule is COc1cc(NC(C)C(C)CBr)ccn1. The van der Waals surface area contributed by atoms with Gasteiger partial charge in [0.2, 0.25) is 5.88 Å². The smallest absolute Gasteiger partial charge is 0.214 e. The third-order valence-electron chi connectivity index (χ3n) is 2.44. The number of methoxy groups -OCH3 is 1. The van der Waals surface area contributed by atoms with Gasteiger partial charge in [0.15, 0.2) is 0 Å². The van der Waals surface area contributed by atoms with Gasteiger partial charge in [0.05, 0.1) is 7.11 Å². The quantitative estimate of drug-likeness (QED) is 0.837. The lowest BCUT2D eigenvalue weighted by atomic mass is 10.1. The van der Waals surface area contributed by atoms with Gasteiger partial charge < -0.3 is 10.1 Å². The van der Waals surface area contributed by atoms with E-state index in [9.17, 15) is 0 Å². The Morgan fingerprint density at radius 2 is 2.27 bits per heavy atom. The highest BCUT2D eigenvalue weighted by Gasteiger charge is 2.10. The Labute approximate surface area is 99.4 Å². The monoisotopic (exact) mass is 272 g/mol. The lowest BCUT2D eigenvalue weighted by Gasteiger charge is -2.20. The molecule has 84 valence electrons. The molecule has 1 rings (SSSR count). The molecular formula is C11H17BrN2O. The molecule has 0 aliphatic carbocycles. The summed E-state index contributed by atoms with van der Waals surface area (Å²) in [6.07, 6.45) is 1.74. The van der Waals surface area contributed by atoms with E-state index in [-0.39, 0.29) is 0 Å². The second-order valence-corrected chi connectivity index (χ2v) is 4.30. The average Bonchev–Trinajstić information content (AvgIpc) is 2.28. The molecule has 0 aliphatic heterocycles. The Hall–Kier alpha value is -0.770. The Morgan fingerprint density at radius 3 is 2.87 bits per heavy atom. The molecule has 0 spiro atoms. The number of nitrogens with one attached hydrogen (secondary N) is 1. The summed E-state index contributed by atoms with van der Waals surface area (Å²) in [7, 11) is 1.62. The maximum Gasteiger partial charge on any atom is 0.214 e. The number of rotatable bonds is 5. The van der Waals surface area contributed by atoms with Gasteiger partial charge in [-0.25, -0.2) is 4.98 Å². The second-order valence-electron chi connectivity index (χ2n) is 3.65. The first-order valence-corrected chi connectivity index (χ1v) is 6.12. The van der Waals surface area contributed by atoms with Crippen LogP contribution in [0.25, 0.3) is 0 Å². The maximum absolute atomic E-state index is 5.06. The molecule has 0 saturated heterocycles. The largest absolute Gasteiger partial charge is 0.481 e. The summed E-state index contributed by atoms with van der Waals surface area (Å²) in [6.45, 7) is 4.36. The highest BCUT2D eigenvalue weighted by Crippen LogP contribution is 2.17. The molecule has 2 unspecified atom stereocenters. The zero-order chi connectivity index (χ0) is 11.3. The number of hydrogen-bond acceptors (Lipinski definition) is 3. The fraction of sp³-hybridized carbons (Fsp3) is 0.545. The van der Waals surface area contributed by atoms with Crippen molar-refractivity contribution in [2.24, 2.45) is 5.92 Å². The minimum absolute atomic E-state index is 0.413. The number of hydrogen-bond donors (Lipinski definition) is 1. The zero-order valence-electron chi connectivity index (χ0n) is 9.33. The normalized spacial score (nSPS) is 14.4. The van der Waals surface area contributed by atoms with Crippen LogP contribution in [0.1, 0.15) is 13.8 Å². The van der Waals surface area contributed by atoms with Gasteiger partial charge in [-0.1, -0.05) is 22.9 Å². The number of nitrogens with zero attached hydrogens (tertiary/aromatic N) is 1. The van der Waals surface area contributed by atoms with Crippen LogP contribution < -0.4 is 10.1 Å². The van der Waals surface area contributed by atoms with Crippen molar-refractivity contribution in [3.63, 3.8) is 0 Å². The second kappa shape index (κ2) is 5.95. The molecule has 0 aromatic carbocycles. The van der Waals surface area contributed by atoms with Gasteiger partial charge in [-0.2, -0.15) is 0 Å². The summed E-state index contributed by atoms with van der Waals surface area (Å²) >= 11 is 3.48. The third-order valence-corrected chi connectivity index (χ3v) is 3.46. The highest BCUT2D eigenvalue weighted by molar-refractivity contribution is 9.09. The maximum atomic E-state index is 5.06. The van der Waals surface area contributed by atoms with Crippen molar-refractivity contribution in [3.8, 4) is 5.88 Å². The predicted molar refractivity (Wildman–Crippen MR) is 66.8 cm³/mol. The van der Waals surface area contributed by atoms with Crippen molar-refractivity contribution >= 4 is 21.6 Å². The summed E-state index contributed by atoms with van der Waals surface area (Å²) in [5.74, 6) is 1.21. The van der Waals surface area contributed by atoms with E-state index in [1.165, 1.54) is 0 Å². The fourth-order valence-electron chi connectivity index (χ4n) is 1.15. The molecule has 0 aliphatic rings. The van der Waals surface area contributed by atoms with Gasteiger partial charge in [-0.3, -0.25) is 0 Å². The first-order chi connectivity index (χ1) is 7.17. The number of alkyl halides is 1. The van der Waals surface area contributed by atoms with Crippen molar-refractivity contribution in [2.45, 2.75) is 19.9 Å². The molecular weight excluding hydrogens is 256 g/mol. The van der Waals surface area contributed by atoms with Crippen molar-refractivity contribution in [1.29, 1.82) is 0 Å². The van der Waals surface area contributed by atoms with Crippen LogP contribution >= 0.6 is 15.9 Å². The lowest BCUT2D eigenvalue weighted by Crippen LogP contribution is -2.24. The van der Waals surface area contributed by atoms with Crippen LogP contribution in [0, 0.1) is 5.92 Å². The Kier molecular flexibility index (Phi) is 4.88. The predicted octanol–water partition coefficient (Wildman–Crippen LogP) is 2.92. The van der Waals surface area contributed by atoms with Gasteiger partial charge in [-0.15, -0.1) is 0 Å². The molecule has 0 bridgehead atoms. The minimum atomic E-state index is 0.413. The third kappa shape index (κ3) is 3.70. The van der Waals surface area contributed by atoms with E-state index in [0.29, 0.717) is 17.8 Å². The van der Waals surface area contributed by atoms with Crippen LogP contribution in [-0.4, -0.2) is 23.5 Å². The molecule has 1 N–H and O–H groups in total. The summed E-state index contributed by atoms with van der Waals surface area (Å²) in [5.41, 5.74) is 1.04. The lowest BCUT2D eigenvalue weighted by molar-refractivity contribution is 0.398. The number of pyridine rings is 1. The summed E-state index contributed by atoms with van der Waals surface area (Å²) < 4.78 is 5.06. The van der Waals surface area contributed by atoms with Crippen molar-refractivity contribution < 1.29 is 4.74 Å². The topological polar surface area (TPSA) is 34.1 Å². The standard InChI is InChI=1S/C11H17BrN2O/c1-8(7-12)9(2)14-10-4-5-13-11(6-10)15-3/h4-6,8-9H,7H2,1-3H3,(H,13,14). The highest BCUT2D eigenvalue weighted by atomic mass is 79.9. The van der Waals surface area contributed by atoms with Gasteiger partial charge in [0, 0.05) is 29.3 Å². The van der Waals surface area contributed by atoms with Gasteiger partial charge in [-0.05, 0) is 18.9 Å². The molecule has 2 atom stereocenters. The van der Waals surface area contributed by atoms with Crippen LogP contribution in [0.5, 0.6) is 5.88 Å². The van der Waals surface area contributed by atoms with E-state index in [1.807, 2.05) is 12.1 Å². The van der Waals surface area contributed by atoms with Crippen LogP contribution in [0.15, 0.2) is 18.3 Å². The summed E-state index contributed by atoms with van der Waals surface area (Å²) in [5, 5.41) is 4.41. The van der Waals surface area contributed by atoms with Crippen LogP contribution in [0.3, 0.4) is 0 Å². The molecule has 0 radical (unpaired) electrons. The molecule has 4 heteroatoms. The molecule has 0 amide bonds. The van der Waals surface area contributed by atoms with Crippen molar-refractivity contribution in [1.82, 2.24) is 4.98 Å². The molecule has 1 heterocycles.